The van der Waals surface area contributed by atoms with Gasteiger partial charge in [0.2, 0.25) is 0 Å². The first-order valence-corrected chi connectivity index (χ1v) is 10.9. The number of aromatic amines is 1. The van der Waals surface area contributed by atoms with Crippen LogP contribution in [0.25, 0.3) is 21.7 Å². The smallest absolute Gasteiger partial charge is 0.269 e. The molecule has 3 heterocycles. The number of aromatic nitrogens is 3. The lowest BCUT2D eigenvalue weighted by Crippen LogP contribution is -2.10. The summed E-state index contributed by atoms with van der Waals surface area (Å²) in [6.07, 6.45) is 1.74. The third-order valence-corrected chi connectivity index (χ3v) is 6.21. The minimum absolute atomic E-state index is 0.0656. The van der Waals surface area contributed by atoms with Crippen LogP contribution in [0.5, 0.6) is 5.75 Å². The fourth-order valence-electron chi connectivity index (χ4n) is 3.73. The number of aromatic hydroxyl groups is 1. The molecule has 5 aromatic rings. The summed E-state index contributed by atoms with van der Waals surface area (Å²) in [6, 6.07) is 18.3. The molecule has 0 atom stereocenters. The maximum absolute atomic E-state index is 13.2. The fraction of sp³-hybridized carbons (Fsp3) is 0.0800. The molecular weight excluding hydrogens is 422 g/mol. The van der Waals surface area contributed by atoms with Crippen LogP contribution >= 0.6 is 11.3 Å². The van der Waals surface area contributed by atoms with Crippen LogP contribution in [-0.4, -0.2) is 25.4 Å². The van der Waals surface area contributed by atoms with Gasteiger partial charge in [0.15, 0.2) is 11.6 Å². The van der Waals surface area contributed by atoms with Crippen LogP contribution < -0.4 is 5.56 Å². The molecule has 158 valence electrons. The van der Waals surface area contributed by atoms with Crippen LogP contribution in [0.15, 0.2) is 77.0 Å². The zero-order valence-corrected chi connectivity index (χ0v) is 18.0. The Labute approximate surface area is 187 Å². The van der Waals surface area contributed by atoms with Gasteiger partial charge in [-0.15, -0.1) is 11.3 Å². The second-order valence-electron chi connectivity index (χ2n) is 7.63. The van der Waals surface area contributed by atoms with Crippen molar-refractivity contribution in [3.8, 4) is 17.3 Å². The predicted octanol–water partition coefficient (Wildman–Crippen LogP) is 4.75. The molecule has 2 N–H and O–H groups in total. The molecule has 0 bridgehead atoms. The summed E-state index contributed by atoms with van der Waals surface area (Å²) in [7, 11) is 0. The normalized spacial score (nSPS) is 11.2. The van der Waals surface area contributed by atoms with Crippen molar-refractivity contribution in [2.75, 3.05) is 0 Å². The minimum atomic E-state index is -0.293. The molecule has 0 saturated carbocycles. The number of carbonyl (C=O) groups excluding carboxylic acids is 1. The first-order chi connectivity index (χ1) is 15.5. The highest BCUT2D eigenvalue weighted by Crippen LogP contribution is 2.27. The van der Waals surface area contributed by atoms with E-state index in [1.54, 1.807) is 30.5 Å². The molecule has 7 heteroatoms. The summed E-state index contributed by atoms with van der Waals surface area (Å²) in [5, 5.41) is 12.1. The van der Waals surface area contributed by atoms with Crippen molar-refractivity contribution in [1.82, 2.24) is 14.5 Å². The Bertz CT molecular complexity index is 1510. The summed E-state index contributed by atoms with van der Waals surface area (Å²) in [5.41, 5.74) is 3.59. The Hall–Kier alpha value is -3.97. The van der Waals surface area contributed by atoms with Gasteiger partial charge in [-0.1, -0.05) is 42.0 Å². The molecule has 0 aliphatic carbocycles. The first-order valence-electron chi connectivity index (χ1n) is 10.1. The average molecular weight is 442 g/mol. The van der Waals surface area contributed by atoms with Crippen molar-refractivity contribution in [2.24, 2.45) is 0 Å². The molecule has 0 aliphatic heterocycles. The van der Waals surface area contributed by atoms with Gasteiger partial charge in [-0.25, -0.2) is 4.98 Å². The molecule has 5 rings (SSSR count). The Morgan fingerprint density at radius 3 is 2.75 bits per heavy atom. The quantitative estimate of drug-likeness (QED) is 0.386. The number of ketones is 1. The van der Waals surface area contributed by atoms with Gasteiger partial charge in [0.1, 0.15) is 10.4 Å². The lowest BCUT2D eigenvalue weighted by molar-refractivity contribution is 0.103. The minimum Gasteiger partial charge on any atom is -0.507 e. The van der Waals surface area contributed by atoms with Crippen molar-refractivity contribution in [3.63, 3.8) is 0 Å². The van der Waals surface area contributed by atoms with E-state index in [4.69, 9.17) is 0 Å². The number of H-pyrrole nitrogens is 1. The Morgan fingerprint density at radius 2 is 1.94 bits per heavy atom. The summed E-state index contributed by atoms with van der Waals surface area (Å²) >= 11 is 1.34. The number of hydrogen-bond donors (Lipinski definition) is 2. The van der Waals surface area contributed by atoms with E-state index >= 15 is 0 Å². The van der Waals surface area contributed by atoms with Crippen molar-refractivity contribution in [1.29, 1.82) is 0 Å². The monoisotopic (exact) mass is 441 g/mol. The zero-order chi connectivity index (χ0) is 22.2. The number of thiophene rings is 1. The number of rotatable bonds is 5. The number of fused-ring (bicyclic) bond motifs is 1. The van der Waals surface area contributed by atoms with Gasteiger partial charge in [-0.2, -0.15) is 0 Å². The van der Waals surface area contributed by atoms with E-state index < -0.39 is 0 Å². The van der Waals surface area contributed by atoms with E-state index in [1.807, 2.05) is 47.2 Å². The third kappa shape index (κ3) is 3.63. The van der Waals surface area contributed by atoms with Crippen molar-refractivity contribution in [2.45, 2.75) is 13.5 Å². The SMILES string of the molecule is Cc1ccc(O)c(C(=O)c2cc(-c3nc4ccsc4c(=O)[nH]3)n(Cc3ccccc3)c2)c1. The molecule has 0 aliphatic rings. The van der Waals surface area contributed by atoms with Gasteiger partial charge in [-0.3, -0.25) is 9.59 Å². The van der Waals surface area contributed by atoms with Gasteiger partial charge < -0.3 is 14.7 Å². The maximum Gasteiger partial charge on any atom is 0.269 e. The lowest BCUT2D eigenvalue weighted by atomic mass is 10.0. The molecule has 0 amide bonds. The Morgan fingerprint density at radius 1 is 1.12 bits per heavy atom. The van der Waals surface area contributed by atoms with E-state index in [0.29, 0.717) is 33.8 Å². The number of nitrogens with one attached hydrogen (secondary N) is 1. The number of phenolic OH excluding ortho intramolecular Hbond substituents is 1. The Kier molecular flexibility index (Phi) is 4.95. The highest BCUT2D eigenvalue weighted by molar-refractivity contribution is 7.17. The van der Waals surface area contributed by atoms with Crippen molar-refractivity contribution < 1.29 is 9.90 Å². The van der Waals surface area contributed by atoms with Crippen molar-refractivity contribution >= 4 is 27.3 Å². The van der Waals surface area contributed by atoms with Crippen LogP contribution in [0.3, 0.4) is 0 Å². The topological polar surface area (TPSA) is 88.0 Å². The third-order valence-electron chi connectivity index (χ3n) is 5.31. The molecule has 0 fully saturated rings. The lowest BCUT2D eigenvalue weighted by Gasteiger charge is -2.09. The summed E-state index contributed by atoms with van der Waals surface area (Å²) < 4.78 is 2.46. The number of phenols is 1. The molecule has 0 saturated heterocycles. The molecule has 0 unspecified atom stereocenters. The molecule has 6 nitrogen and oxygen atoms in total. The van der Waals surface area contributed by atoms with Crippen LogP contribution in [-0.2, 0) is 6.54 Å². The Balaban J connectivity index is 1.65. The van der Waals surface area contributed by atoms with Gasteiger partial charge in [0.25, 0.3) is 5.56 Å². The number of nitrogens with zero attached hydrogens (tertiary/aromatic N) is 2. The first kappa shape index (κ1) is 20.0. The zero-order valence-electron chi connectivity index (χ0n) is 17.2. The van der Waals surface area contributed by atoms with Crippen molar-refractivity contribution in [3.05, 3.63) is 105 Å². The molecule has 3 aromatic heterocycles. The molecule has 0 radical (unpaired) electrons. The van der Waals surface area contributed by atoms with Crippen LogP contribution in [0.4, 0.5) is 0 Å². The highest BCUT2D eigenvalue weighted by atomic mass is 32.1. The number of hydrogen-bond acceptors (Lipinski definition) is 5. The molecule has 2 aromatic carbocycles. The standard InChI is InChI=1S/C25H19N3O3S/c1-15-7-8-21(29)18(11-15)22(30)17-12-20(28(14-17)13-16-5-3-2-4-6-16)24-26-19-9-10-32-23(19)25(31)27-24/h2-12,14,29H,13H2,1H3,(H,26,27,31). The molecular formula is C25H19N3O3S. The summed E-state index contributed by atoms with van der Waals surface area (Å²) in [6.45, 7) is 2.36. The highest BCUT2D eigenvalue weighted by Gasteiger charge is 2.20. The fourth-order valence-corrected chi connectivity index (χ4v) is 4.45. The van der Waals surface area contributed by atoms with E-state index in [-0.39, 0.29) is 22.7 Å². The second kappa shape index (κ2) is 7.94. The summed E-state index contributed by atoms with van der Waals surface area (Å²) in [5.74, 6) is 0.0340. The molecule has 32 heavy (non-hydrogen) atoms. The van der Waals surface area contributed by atoms with Crippen LogP contribution in [0.2, 0.25) is 0 Å². The number of benzene rings is 2. The average Bonchev–Trinajstić information content (AvgIpc) is 3.43. The van der Waals surface area contributed by atoms with Gasteiger partial charge in [0.05, 0.1) is 16.8 Å². The van der Waals surface area contributed by atoms with Gasteiger partial charge in [-0.05, 0) is 42.1 Å². The van der Waals surface area contributed by atoms with E-state index in [2.05, 4.69) is 9.97 Å². The largest absolute Gasteiger partial charge is 0.507 e. The second-order valence-corrected chi connectivity index (χ2v) is 8.54. The maximum atomic E-state index is 13.2. The van der Waals surface area contributed by atoms with E-state index in [9.17, 15) is 14.7 Å². The predicted molar refractivity (Wildman–Crippen MR) is 125 cm³/mol. The van der Waals surface area contributed by atoms with E-state index in [0.717, 1.165) is 11.1 Å². The van der Waals surface area contributed by atoms with Crippen LogP contribution in [0.1, 0.15) is 27.0 Å². The van der Waals surface area contributed by atoms with Gasteiger partial charge >= 0.3 is 0 Å². The van der Waals surface area contributed by atoms with Gasteiger partial charge in [0, 0.05) is 18.3 Å². The number of aryl methyl sites for hydroxylation is 1. The molecule has 0 spiro atoms. The van der Waals surface area contributed by atoms with Crippen LogP contribution in [0, 0.1) is 6.92 Å². The summed E-state index contributed by atoms with van der Waals surface area (Å²) in [4.78, 5) is 33.3. The number of carbonyl (C=O) groups is 1. The van der Waals surface area contributed by atoms with E-state index in [1.165, 1.54) is 17.4 Å².